The third kappa shape index (κ3) is 3.78. The lowest BCUT2D eigenvalue weighted by Crippen LogP contribution is -2.18. The highest BCUT2D eigenvalue weighted by Crippen LogP contribution is 2.23. The second kappa shape index (κ2) is 6.51. The maximum Gasteiger partial charge on any atom is 0.141 e. The third-order valence-electron chi connectivity index (χ3n) is 2.97. The maximum absolute atomic E-state index is 13.1. The molecule has 2 aromatic carbocycles. The van der Waals surface area contributed by atoms with Gasteiger partial charge in [-0.05, 0) is 36.2 Å². The summed E-state index contributed by atoms with van der Waals surface area (Å²) in [5.41, 5.74) is 2.15. The van der Waals surface area contributed by atoms with E-state index < -0.39 is 0 Å². The minimum absolute atomic E-state index is 0.160. The van der Waals surface area contributed by atoms with Gasteiger partial charge in [-0.2, -0.15) is 0 Å². The summed E-state index contributed by atoms with van der Waals surface area (Å²) in [4.78, 5) is 0. The maximum atomic E-state index is 13.1. The van der Waals surface area contributed by atoms with Crippen LogP contribution in [0.3, 0.4) is 0 Å². The second-order valence-corrected chi connectivity index (χ2v) is 5.63. The summed E-state index contributed by atoms with van der Waals surface area (Å²) in [5, 5.41) is 3.55. The van der Waals surface area contributed by atoms with Crippen LogP contribution in [0.2, 0.25) is 5.02 Å². The molecule has 0 aliphatic rings. The average molecular weight is 343 g/mol. The van der Waals surface area contributed by atoms with E-state index in [4.69, 9.17) is 11.6 Å². The molecule has 1 atom stereocenters. The average Bonchev–Trinajstić information content (AvgIpc) is 2.40. The summed E-state index contributed by atoms with van der Waals surface area (Å²) in [7, 11) is 0. The summed E-state index contributed by atoms with van der Waals surface area (Å²) in [6.07, 6.45) is 0. The van der Waals surface area contributed by atoms with Gasteiger partial charge >= 0.3 is 0 Å². The van der Waals surface area contributed by atoms with E-state index in [0.717, 1.165) is 10.0 Å². The smallest absolute Gasteiger partial charge is 0.141 e. The van der Waals surface area contributed by atoms with Gasteiger partial charge in [-0.25, -0.2) is 4.39 Å². The monoisotopic (exact) mass is 341 g/mol. The first-order valence-corrected chi connectivity index (χ1v) is 7.17. The Hall–Kier alpha value is -0.900. The Morgan fingerprint density at radius 3 is 2.68 bits per heavy atom. The molecule has 1 nitrogen and oxygen atoms in total. The van der Waals surface area contributed by atoms with Gasteiger partial charge in [0.25, 0.3) is 0 Å². The highest BCUT2D eigenvalue weighted by Gasteiger charge is 2.08. The molecule has 19 heavy (non-hydrogen) atoms. The summed E-state index contributed by atoms with van der Waals surface area (Å²) in [5.74, 6) is -0.385. The summed E-state index contributed by atoms with van der Waals surface area (Å²) < 4.78 is 14.1. The van der Waals surface area contributed by atoms with Crippen LogP contribution >= 0.6 is 27.5 Å². The molecule has 0 aliphatic heterocycles. The first kappa shape index (κ1) is 14.5. The molecule has 2 rings (SSSR count). The fourth-order valence-electron chi connectivity index (χ4n) is 1.86. The first-order chi connectivity index (χ1) is 9.08. The van der Waals surface area contributed by atoms with E-state index in [1.165, 1.54) is 11.6 Å². The van der Waals surface area contributed by atoms with Crippen molar-refractivity contribution in [3.63, 3.8) is 0 Å². The van der Waals surface area contributed by atoms with Crippen molar-refractivity contribution >= 4 is 27.5 Å². The van der Waals surface area contributed by atoms with Crippen molar-refractivity contribution in [3.05, 3.63) is 68.9 Å². The van der Waals surface area contributed by atoms with Crippen LogP contribution in [-0.4, -0.2) is 0 Å². The molecule has 0 unspecified atom stereocenters. The Morgan fingerprint density at radius 2 is 2.00 bits per heavy atom. The van der Waals surface area contributed by atoms with Gasteiger partial charge in [0.1, 0.15) is 5.82 Å². The topological polar surface area (TPSA) is 12.0 Å². The van der Waals surface area contributed by atoms with Crippen LogP contribution in [0.4, 0.5) is 4.39 Å². The van der Waals surface area contributed by atoms with Crippen molar-refractivity contribution in [1.82, 2.24) is 5.32 Å². The standard InChI is InChI=1S/C15H14BrClFN/c1-10(12-4-2-3-5-13(12)16)19-9-11-6-7-15(18)14(17)8-11/h2-8,10,19H,9H2,1H3/t10-/m0/s1. The number of benzene rings is 2. The molecule has 0 saturated heterocycles. The van der Waals surface area contributed by atoms with E-state index in [0.29, 0.717) is 6.54 Å². The van der Waals surface area contributed by atoms with Crippen LogP contribution in [0, 0.1) is 5.82 Å². The second-order valence-electron chi connectivity index (χ2n) is 4.37. The van der Waals surface area contributed by atoms with Gasteiger partial charge < -0.3 is 5.32 Å². The number of hydrogen-bond donors (Lipinski definition) is 1. The van der Waals surface area contributed by atoms with E-state index in [1.54, 1.807) is 12.1 Å². The fraction of sp³-hybridized carbons (Fsp3) is 0.200. The van der Waals surface area contributed by atoms with Crippen molar-refractivity contribution in [2.45, 2.75) is 19.5 Å². The van der Waals surface area contributed by atoms with Crippen LogP contribution in [0.15, 0.2) is 46.9 Å². The molecular weight excluding hydrogens is 329 g/mol. The SMILES string of the molecule is C[C@H](NCc1ccc(F)c(Cl)c1)c1ccccc1Br. The lowest BCUT2D eigenvalue weighted by atomic mass is 10.1. The quantitative estimate of drug-likeness (QED) is 0.816. The molecule has 2 aromatic rings. The van der Waals surface area contributed by atoms with Crippen LogP contribution in [0.5, 0.6) is 0 Å². The molecule has 4 heteroatoms. The molecule has 0 spiro atoms. The molecule has 0 fully saturated rings. The van der Waals surface area contributed by atoms with E-state index in [-0.39, 0.29) is 16.9 Å². The first-order valence-electron chi connectivity index (χ1n) is 5.99. The minimum Gasteiger partial charge on any atom is -0.306 e. The third-order valence-corrected chi connectivity index (χ3v) is 3.98. The molecule has 0 aromatic heterocycles. The Bertz CT molecular complexity index is 574. The normalized spacial score (nSPS) is 12.4. The summed E-state index contributed by atoms with van der Waals surface area (Å²) >= 11 is 9.29. The van der Waals surface area contributed by atoms with Gasteiger partial charge in [0.05, 0.1) is 5.02 Å². The van der Waals surface area contributed by atoms with Gasteiger partial charge in [-0.3, -0.25) is 0 Å². The minimum atomic E-state index is -0.385. The van der Waals surface area contributed by atoms with Crippen LogP contribution in [0.25, 0.3) is 0 Å². The highest BCUT2D eigenvalue weighted by atomic mass is 79.9. The predicted octanol–water partition coefficient (Wildman–Crippen LogP) is 5.09. The Kier molecular flexibility index (Phi) is 4.97. The number of hydrogen-bond acceptors (Lipinski definition) is 1. The van der Waals surface area contributed by atoms with Crippen molar-refractivity contribution < 1.29 is 4.39 Å². The van der Waals surface area contributed by atoms with Crippen molar-refractivity contribution in [1.29, 1.82) is 0 Å². The molecule has 0 radical (unpaired) electrons. The number of nitrogens with one attached hydrogen (secondary N) is 1. The zero-order chi connectivity index (χ0) is 13.8. The van der Waals surface area contributed by atoms with Crippen molar-refractivity contribution in [2.24, 2.45) is 0 Å². The van der Waals surface area contributed by atoms with Gasteiger partial charge in [0.15, 0.2) is 0 Å². The Morgan fingerprint density at radius 1 is 1.26 bits per heavy atom. The Labute approximate surface area is 125 Å². The summed E-state index contributed by atoms with van der Waals surface area (Å²) in [6.45, 7) is 2.73. The zero-order valence-electron chi connectivity index (χ0n) is 10.5. The van der Waals surface area contributed by atoms with E-state index in [1.807, 2.05) is 18.2 Å². The fourth-order valence-corrected chi connectivity index (χ4v) is 2.69. The summed E-state index contributed by atoms with van der Waals surface area (Å²) in [6, 6.07) is 13.0. The lowest BCUT2D eigenvalue weighted by Gasteiger charge is -2.16. The lowest BCUT2D eigenvalue weighted by molar-refractivity contribution is 0.571. The molecule has 0 aliphatic carbocycles. The molecule has 0 saturated carbocycles. The van der Waals surface area contributed by atoms with E-state index in [2.05, 4.69) is 34.2 Å². The zero-order valence-corrected chi connectivity index (χ0v) is 12.8. The highest BCUT2D eigenvalue weighted by molar-refractivity contribution is 9.10. The van der Waals surface area contributed by atoms with Gasteiger partial charge in [0.2, 0.25) is 0 Å². The largest absolute Gasteiger partial charge is 0.306 e. The molecular formula is C15H14BrClFN. The van der Waals surface area contributed by atoms with Gasteiger partial charge in [-0.15, -0.1) is 0 Å². The Balaban J connectivity index is 2.02. The molecule has 0 amide bonds. The molecule has 100 valence electrons. The molecule has 0 heterocycles. The van der Waals surface area contributed by atoms with Crippen molar-refractivity contribution in [3.8, 4) is 0 Å². The van der Waals surface area contributed by atoms with Crippen LogP contribution in [0.1, 0.15) is 24.1 Å². The van der Waals surface area contributed by atoms with Gasteiger partial charge in [0, 0.05) is 17.1 Å². The van der Waals surface area contributed by atoms with Crippen LogP contribution in [-0.2, 0) is 6.54 Å². The molecule has 0 bridgehead atoms. The van der Waals surface area contributed by atoms with E-state index in [9.17, 15) is 4.39 Å². The predicted molar refractivity (Wildman–Crippen MR) is 80.8 cm³/mol. The number of rotatable bonds is 4. The van der Waals surface area contributed by atoms with Gasteiger partial charge in [-0.1, -0.05) is 51.8 Å². The van der Waals surface area contributed by atoms with Crippen LogP contribution < -0.4 is 5.32 Å². The van der Waals surface area contributed by atoms with Crippen molar-refractivity contribution in [2.75, 3.05) is 0 Å². The van der Waals surface area contributed by atoms with E-state index >= 15 is 0 Å². The molecule has 1 N–H and O–H groups in total. The number of halogens is 3.